The summed E-state index contributed by atoms with van der Waals surface area (Å²) in [6.45, 7) is 6.52. The van der Waals surface area contributed by atoms with E-state index in [9.17, 15) is 9.18 Å². The number of hydrogen-bond acceptors (Lipinski definition) is 6. The molecular formula is C26H26FN3O2S2. The number of aromatic nitrogens is 2. The van der Waals surface area contributed by atoms with Gasteiger partial charge in [0.2, 0.25) is 0 Å². The van der Waals surface area contributed by atoms with Crippen LogP contribution in [0.15, 0.2) is 64.5 Å². The lowest BCUT2D eigenvalue weighted by Gasteiger charge is -2.30. The van der Waals surface area contributed by atoms with E-state index in [0.29, 0.717) is 23.6 Å². The lowest BCUT2D eigenvalue weighted by atomic mass is 10.0. The van der Waals surface area contributed by atoms with Crippen LogP contribution in [0.5, 0.6) is 5.75 Å². The van der Waals surface area contributed by atoms with Gasteiger partial charge in [-0.3, -0.25) is 14.3 Å². The van der Waals surface area contributed by atoms with Crippen molar-refractivity contribution in [1.29, 1.82) is 0 Å². The second-order valence-electron chi connectivity index (χ2n) is 8.50. The molecule has 2 aromatic heterocycles. The van der Waals surface area contributed by atoms with Crippen molar-refractivity contribution in [3.05, 3.63) is 81.2 Å². The second kappa shape index (κ2) is 9.90. The monoisotopic (exact) mass is 495 g/mol. The molecule has 0 atom stereocenters. The lowest BCUT2D eigenvalue weighted by Crippen LogP contribution is -2.35. The maximum atomic E-state index is 13.9. The molecule has 0 N–H and O–H groups in total. The molecule has 0 amide bonds. The molecule has 34 heavy (non-hydrogen) atoms. The molecule has 0 saturated carbocycles. The Morgan fingerprint density at radius 2 is 1.91 bits per heavy atom. The number of thiophene rings is 1. The third-order valence-corrected chi connectivity index (χ3v) is 8.04. The number of hydrogen-bond donors (Lipinski definition) is 0. The average Bonchev–Trinajstić information content (AvgIpc) is 3.21. The summed E-state index contributed by atoms with van der Waals surface area (Å²) in [4.78, 5) is 23.2. The number of benzene rings is 2. The molecule has 2 aromatic carbocycles. The topological polar surface area (TPSA) is 47.4 Å². The van der Waals surface area contributed by atoms with Gasteiger partial charge in [0.05, 0.1) is 17.7 Å². The molecule has 1 aliphatic rings. The quantitative estimate of drug-likeness (QED) is 0.192. The van der Waals surface area contributed by atoms with Crippen LogP contribution in [0.2, 0.25) is 0 Å². The number of rotatable bonds is 7. The van der Waals surface area contributed by atoms with Crippen LogP contribution in [0.3, 0.4) is 0 Å². The predicted molar refractivity (Wildman–Crippen MR) is 137 cm³/mol. The molecule has 0 spiro atoms. The first-order chi connectivity index (χ1) is 16.5. The Morgan fingerprint density at radius 1 is 1.15 bits per heavy atom. The Balaban J connectivity index is 1.49. The fourth-order valence-corrected chi connectivity index (χ4v) is 6.35. The van der Waals surface area contributed by atoms with Crippen LogP contribution in [0.4, 0.5) is 4.39 Å². The summed E-state index contributed by atoms with van der Waals surface area (Å²) in [5.41, 5.74) is 1.92. The Bertz CT molecular complexity index is 1370. The number of thioether (sulfide) groups is 1. The van der Waals surface area contributed by atoms with Gasteiger partial charge in [-0.25, -0.2) is 9.37 Å². The van der Waals surface area contributed by atoms with E-state index in [1.165, 1.54) is 22.7 Å². The molecule has 5 nitrogen and oxygen atoms in total. The van der Waals surface area contributed by atoms with Crippen molar-refractivity contribution < 1.29 is 9.13 Å². The van der Waals surface area contributed by atoms with Gasteiger partial charge < -0.3 is 4.74 Å². The van der Waals surface area contributed by atoms with Crippen LogP contribution in [-0.2, 0) is 13.0 Å². The molecule has 0 bridgehead atoms. The number of ether oxygens (including phenoxy) is 1. The van der Waals surface area contributed by atoms with Gasteiger partial charge >= 0.3 is 0 Å². The highest BCUT2D eigenvalue weighted by molar-refractivity contribution is 7.99. The predicted octanol–water partition coefficient (Wildman–Crippen LogP) is 5.52. The van der Waals surface area contributed by atoms with E-state index in [0.717, 1.165) is 41.0 Å². The van der Waals surface area contributed by atoms with Crippen molar-refractivity contribution in [2.75, 3.05) is 18.9 Å². The zero-order valence-electron chi connectivity index (χ0n) is 19.2. The lowest BCUT2D eigenvalue weighted by molar-refractivity contribution is 0.206. The molecule has 4 aromatic rings. The van der Waals surface area contributed by atoms with Gasteiger partial charge in [-0.15, -0.1) is 11.3 Å². The zero-order chi connectivity index (χ0) is 23.7. The van der Waals surface area contributed by atoms with Crippen molar-refractivity contribution in [3.8, 4) is 11.4 Å². The van der Waals surface area contributed by atoms with Gasteiger partial charge in [0.1, 0.15) is 4.83 Å². The molecule has 1 aliphatic heterocycles. The molecule has 0 fully saturated rings. The summed E-state index contributed by atoms with van der Waals surface area (Å²) in [5, 5.41) is 1.37. The fourth-order valence-electron chi connectivity index (χ4n) is 4.23. The maximum Gasteiger partial charge on any atom is 0.267 e. The molecule has 0 aliphatic carbocycles. The van der Waals surface area contributed by atoms with Gasteiger partial charge in [-0.2, -0.15) is 0 Å². The van der Waals surface area contributed by atoms with Crippen LogP contribution in [0.1, 0.15) is 24.3 Å². The van der Waals surface area contributed by atoms with E-state index < -0.39 is 0 Å². The van der Waals surface area contributed by atoms with E-state index in [1.54, 1.807) is 34.1 Å². The number of fused-ring (bicyclic) bond motifs is 3. The highest BCUT2D eigenvalue weighted by atomic mass is 32.2. The van der Waals surface area contributed by atoms with Crippen molar-refractivity contribution in [3.63, 3.8) is 0 Å². The molecule has 0 unspecified atom stereocenters. The van der Waals surface area contributed by atoms with Crippen LogP contribution in [0, 0.1) is 5.82 Å². The standard InChI is InChI=1S/C26H26FN3O2S2/c1-17(2)29-13-12-19-22(16-29)34-24-23(19)25(31)30(18-8-4-3-5-9-18)26(28-24)33-15-14-32-21-11-7-6-10-20(21)27/h3-11,17H,12-16H2,1-2H3. The molecule has 0 radical (unpaired) electrons. The molecule has 8 heteroatoms. The Hall–Kier alpha value is -2.68. The number of nitrogens with zero attached hydrogens (tertiary/aromatic N) is 3. The van der Waals surface area contributed by atoms with Gasteiger partial charge in [0.15, 0.2) is 16.7 Å². The minimum atomic E-state index is -0.382. The number of para-hydroxylation sites is 2. The molecule has 176 valence electrons. The van der Waals surface area contributed by atoms with E-state index >= 15 is 0 Å². The SMILES string of the molecule is CC(C)N1CCc2c(sc3nc(SCCOc4ccccc4F)n(-c4ccccc4)c(=O)c23)C1. The Labute approximate surface area is 206 Å². The Morgan fingerprint density at radius 3 is 2.68 bits per heavy atom. The van der Waals surface area contributed by atoms with Crippen LogP contribution < -0.4 is 10.3 Å². The molecule has 0 saturated heterocycles. The average molecular weight is 496 g/mol. The molecule has 5 rings (SSSR count). The maximum absolute atomic E-state index is 13.9. The number of halogens is 1. The smallest absolute Gasteiger partial charge is 0.267 e. The van der Waals surface area contributed by atoms with Crippen LogP contribution >= 0.6 is 23.1 Å². The highest BCUT2D eigenvalue weighted by Crippen LogP contribution is 2.34. The van der Waals surface area contributed by atoms with Crippen LogP contribution in [-0.4, -0.2) is 39.4 Å². The van der Waals surface area contributed by atoms with Gasteiger partial charge in [0.25, 0.3) is 5.56 Å². The van der Waals surface area contributed by atoms with Crippen molar-refractivity contribution in [2.24, 2.45) is 0 Å². The normalized spacial score (nSPS) is 14.0. The highest BCUT2D eigenvalue weighted by Gasteiger charge is 2.26. The first-order valence-electron chi connectivity index (χ1n) is 11.4. The van der Waals surface area contributed by atoms with E-state index in [1.807, 2.05) is 30.3 Å². The first kappa shape index (κ1) is 23.1. The third-order valence-electron chi connectivity index (χ3n) is 6.03. The third kappa shape index (κ3) is 4.50. The zero-order valence-corrected chi connectivity index (χ0v) is 20.8. The van der Waals surface area contributed by atoms with Crippen molar-refractivity contribution in [2.45, 2.75) is 38.0 Å². The first-order valence-corrected chi connectivity index (χ1v) is 13.2. The largest absolute Gasteiger partial charge is 0.490 e. The van der Waals surface area contributed by atoms with E-state index in [4.69, 9.17) is 9.72 Å². The second-order valence-corrected chi connectivity index (χ2v) is 10.6. The van der Waals surface area contributed by atoms with E-state index in [-0.39, 0.29) is 17.1 Å². The van der Waals surface area contributed by atoms with Gasteiger partial charge in [0, 0.05) is 29.8 Å². The summed E-state index contributed by atoms with van der Waals surface area (Å²) in [7, 11) is 0. The summed E-state index contributed by atoms with van der Waals surface area (Å²) in [5.74, 6) is 0.381. The van der Waals surface area contributed by atoms with Crippen LogP contribution in [0.25, 0.3) is 15.9 Å². The minimum absolute atomic E-state index is 0.0239. The Kier molecular flexibility index (Phi) is 6.72. The molecule has 3 heterocycles. The summed E-state index contributed by atoms with van der Waals surface area (Å²) < 4.78 is 21.2. The minimum Gasteiger partial charge on any atom is -0.490 e. The van der Waals surface area contributed by atoms with Crippen molar-refractivity contribution >= 4 is 33.3 Å². The van der Waals surface area contributed by atoms with Crippen molar-refractivity contribution in [1.82, 2.24) is 14.5 Å². The summed E-state index contributed by atoms with van der Waals surface area (Å²) >= 11 is 3.08. The van der Waals surface area contributed by atoms with Gasteiger partial charge in [-0.1, -0.05) is 42.1 Å². The van der Waals surface area contributed by atoms with Gasteiger partial charge in [-0.05, 0) is 50.1 Å². The fraction of sp³-hybridized carbons (Fsp3) is 0.308. The van der Waals surface area contributed by atoms with E-state index in [2.05, 4.69) is 18.7 Å². The molecular weight excluding hydrogens is 469 g/mol. The summed E-state index contributed by atoms with van der Waals surface area (Å²) in [6, 6.07) is 16.5. The summed E-state index contributed by atoms with van der Waals surface area (Å²) in [6.07, 6.45) is 0.863.